The van der Waals surface area contributed by atoms with Gasteiger partial charge in [-0.25, -0.2) is 0 Å². The molecule has 1 aliphatic carbocycles. The van der Waals surface area contributed by atoms with Crippen LogP contribution >= 0.6 is 0 Å². The van der Waals surface area contributed by atoms with E-state index in [1.165, 1.54) is 37.8 Å². The van der Waals surface area contributed by atoms with E-state index in [2.05, 4.69) is 46.4 Å². The van der Waals surface area contributed by atoms with Crippen LogP contribution in [0.5, 0.6) is 0 Å². The second-order valence-electron chi connectivity index (χ2n) is 6.00. The van der Waals surface area contributed by atoms with Crippen LogP contribution in [0.25, 0.3) is 0 Å². The molecule has 2 fully saturated rings. The van der Waals surface area contributed by atoms with Gasteiger partial charge in [-0.3, -0.25) is 9.58 Å². The van der Waals surface area contributed by atoms with Crippen molar-refractivity contribution in [2.75, 3.05) is 20.1 Å². The minimum atomic E-state index is 0.578. The predicted molar refractivity (Wildman–Crippen MR) is 77.0 cm³/mol. The molecule has 1 N–H and O–H groups in total. The molecule has 0 bridgehead atoms. The van der Waals surface area contributed by atoms with Gasteiger partial charge in [-0.05, 0) is 58.7 Å². The largest absolute Gasteiger partial charge is 0.319 e. The molecule has 1 aromatic heterocycles. The summed E-state index contributed by atoms with van der Waals surface area (Å²) in [5.74, 6) is 0.730. The van der Waals surface area contributed by atoms with E-state index in [-0.39, 0.29) is 0 Å². The molecular formula is C15H26N4. The lowest BCUT2D eigenvalue weighted by atomic mass is 9.85. The summed E-state index contributed by atoms with van der Waals surface area (Å²) in [5.41, 5.74) is 1.42. The number of hydrogen-bond acceptors (Lipinski definition) is 3. The standard InChI is InChI=1S/C15H26N4/c1-3-18-11-13(10-17-18)15-12(9-16-2)5-4-8-19(15)14-6-7-14/h10-12,14-16H,3-9H2,1-2H3. The summed E-state index contributed by atoms with van der Waals surface area (Å²) in [6.45, 7) is 5.51. The maximum atomic E-state index is 4.49. The van der Waals surface area contributed by atoms with Crippen LogP contribution in [0.2, 0.25) is 0 Å². The highest BCUT2D eigenvalue weighted by atomic mass is 15.3. The number of nitrogens with one attached hydrogen (secondary N) is 1. The molecule has 2 aliphatic rings. The Kier molecular flexibility index (Phi) is 3.89. The van der Waals surface area contributed by atoms with Crippen molar-refractivity contribution in [1.82, 2.24) is 20.0 Å². The Morgan fingerprint density at radius 2 is 2.21 bits per heavy atom. The van der Waals surface area contributed by atoms with Crippen molar-refractivity contribution in [2.45, 2.75) is 51.2 Å². The molecule has 4 nitrogen and oxygen atoms in total. The van der Waals surface area contributed by atoms with E-state index < -0.39 is 0 Å². The first kappa shape index (κ1) is 13.1. The van der Waals surface area contributed by atoms with Crippen molar-refractivity contribution in [3.05, 3.63) is 18.0 Å². The first-order chi connectivity index (χ1) is 9.33. The normalized spacial score (nSPS) is 28.7. The molecule has 0 radical (unpaired) electrons. The zero-order chi connectivity index (χ0) is 13.2. The smallest absolute Gasteiger partial charge is 0.0537 e. The molecule has 1 saturated carbocycles. The number of hydrogen-bond donors (Lipinski definition) is 1. The quantitative estimate of drug-likeness (QED) is 0.881. The highest BCUT2D eigenvalue weighted by Gasteiger charge is 2.40. The maximum absolute atomic E-state index is 4.49. The Morgan fingerprint density at radius 3 is 2.84 bits per heavy atom. The van der Waals surface area contributed by atoms with Gasteiger partial charge in [0, 0.05) is 30.4 Å². The fraction of sp³-hybridized carbons (Fsp3) is 0.800. The number of rotatable bonds is 5. The molecule has 2 unspecified atom stereocenters. The fourth-order valence-corrected chi connectivity index (χ4v) is 3.56. The van der Waals surface area contributed by atoms with Gasteiger partial charge in [0.15, 0.2) is 0 Å². The van der Waals surface area contributed by atoms with Gasteiger partial charge in [0.1, 0.15) is 0 Å². The summed E-state index contributed by atoms with van der Waals surface area (Å²) in [6, 6.07) is 1.42. The lowest BCUT2D eigenvalue weighted by molar-refractivity contribution is 0.0844. The number of piperidine rings is 1. The van der Waals surface area contributed by atoms with E-state index in [1.807, 2.05) is 0 Å². The van der Waals surface area contributed by atoms with E-state index in [9.17, 15) is 0 Å². The third-order valence-corrected chi connectivity index (χ3v) is 4.60. The van der Waals surface area contributed by atoms with Gasteiger partial charge in [-0.1, -0.05) is 0 Å². The first-order valence-electron chi connectivity index (χ1n) is 7.76. The van der Waals surface area contributed by atoms with Crippen LogP contribution < -0.4 is 5.32 Å². The lowest BCUT2D eigenvalue weighted by Gasteiger charge is -2.41. The zero-order valence-electron chi connectivity index (χ0n) is 12.2. The van der Waals surface area contributed by atoms with Crippen LogP contribution in [-0.2, 0) is 6.54 Å². The monoisotopic (exact) mass is 262 g/mol. The van der Waals surface area contributed by atoms with Crippen molar-refractivity contribution in [1.29, 1.82) is 0 Å². The highest BCUT2D eigenvalue weighted by Crippen LogP contribution is 2.42. The van der Waals surface area contributed by atoms with Gasteiger partial charge in [-0.2, -0.15) is 5.10 Å². The second-order valence-corrected chi connectivity index (χ2v) is 6.00. The maximum Gasteiger partial charge on any atom is 0.0537 e. The minimum absolute atomic E-state index is 0.578. The topological polar surface area (TPSA) is 33.1 Å². The third kappa shape index (κ3) is 2.70. The number of nitrogens with zero attached hydrogens (tertiary/aromatic N) is 3. The predicted octanol–water partition coefficient (Wildman–Crippen LogP) is 2.04. The van der Waals surface area contributed by atoms with Gasteiger partial charge in [0.25, 0.3) is 0 Å². The molecular weight excluding hydrogens is 236 g/mol. The van der Waals surface area contributed by atoms with E-state index in [0.717, 1.165) is 25.0 Å². The summed E-state index contributed by atoms with van der Waals surface area (Å²) >= 11 is 0. The van der Waals surface area contributed by atoms with Gasteiger partial charge in [0.05, 0.1) is 6.20 Å². The van der Waals surface area contributed by atoms with Gasteiger partial charge in [0.2, 0.25) is 0 Å². The summed E-state index contributed by atoms with van der Waals surface area (Å²) in [4.78, 5) is 2.75. The highest BCUT2D eigenvalue weighted by molar-refractivity contribution is 5.15. The van der Waals surface area contributed by atoms with Crippen molar-refractivity contribution >= 4 is 0 Å². The van der Waals surface area contributed by atoms with Crippen LogP contribution in [0, 0.1) is 5.92 Å². The molecule has 1 saturated heterocycles. The number of aryl methyl sites for hydroxylation is 1. The Labute approximate surface area is 116 Å². The Morgan fingerprint density at radius 1 is 1.37 bits per heavy atom. The van der Waals surface area contributed by atoms with Crippen molar-refractivity contribution in [3.8, 4) is 0 Å². The SMILES string of the molecule is CCn1cc(C2C(CNC)CCCN2C2CC2)cn1. The van der Waals surface area contributed by atoms with Crippen LogP contribution in [-0.4, -0.2) is 40.9 Å². The molecule has 1 aliphatic heterocycles. The number of aromatic nitrogens is 2. The van der Waals surface area contributed by atoms with Crippen LogP contribution in [0.4, 0.5) is 0 Å². The zero-order valence-corrected chi connectivity index (χ0v) is 12.2. The summed E-state index contributed by atoms with van der Waals surface area (Å²) in [5, 5.41) is 7.87. The van der Waals surface area contributed by atoms with E-state index >= 15 is 0 Å². The fourth-order valence-electron chi connectivity index (χ4n) is 3.56. The lowest BCUT2D eigenvalue weighted by Crippen LogP contribution is -2.43. The van der Waals surface area contributed by atoms with E-state index in [4.69, 9.17) is 0 Å². The van der Waals surface area contributed by atoms with Crippen LogP contribution in [0.1, 0.15) is 44.2 Å². The van der Waals surface area contributed by atoms with E-state index in [1.54, 1.807) is 0 Å². The average molecular weight is 262 g/mol. The Balaban J connectivity index is 1.84. The molecule has 19 heavy (non-hydrogen) atoms. The molecule has 4 heteroatoms. The molecule has 2 heterocycles. The molecule has 0 aromatic carbocycles. The minimum Gasteiger partial charge on any atom is -0.319 e. The third-order valence-electron chi connectivity index (χ3n) is 4.60. The molecule has 0 spiro atoms. The molecule has 3 rings (SSSR count). The number of likely N-dealkylation sites (tertiary alicyclic amines) is 1. The molecule has 1 aromatic rings. The summed E-state index contributed by atoms with van der Waals surface area (Å²) < 4.78 is 2.06. The molecule has 2 atom stereocenters. The molecule has 106 valence electrons. The van der Waals surface area contributed by atoms with Gasteiger partial charge in [-0.15, -0.1) is 0 Å². The van der Waals surface area contributed by atoms with Crippen LogP contribution in [0.3, 0.4) is 0 Å². The summed E-state index contributed by atoms with van der Waals surface area (Å²) in [6.07, 6.45) is 9.83. The first-order valence-corrected chi connectivity index (χ1v) is 7.76. The van der Waals surface area contributed by atoms with Gasteiger partial charge < -0.3 is 5.32 Å². The van der Waals surface area contributed by atoms with E-state index in [0.29, 0.717) is 6.04 Å². The van der Waals surface area contributed by atoms with Crippen molar-refractivity contribution in [2.24, 2.45) is 5.92 Å². The summed E-state index contributed by atoms with van der Waals surface area (Å²) in [7, 11) is 2.07. The Hall–Kier alpha value is -0.870. The average Bonchev–Trinajstić information content (AvgIpc) is 3.17. The Bertz CT molecular complexity index is 408. The second kappa shape index (κ2) is 5.63. The van der Waals surface area contributed by atoms with Crippen molar-refractivity contribution < 1.29 is 0 Å². The van der Waals surface area contributed by atoms with Crippen LogP contribution in [0.15, 0.2) is 12.4 Å². The molecule has 0 amide bonds. The van der Waals surface area contributed by atoms with Crippen molar-refractivity contribution in [3.63, 3.8) is 0 Å². The van der Waals surface area contributed by atoms with Gasteiger partial charge >= 0.3 is 0 Å².